The fraction of sp³-hybridized carbons (Fsp3) is 0.438. The lowest BCUT2D eigenvalue weighted by Crippen LogP contribution is -2.31. The first-order chi connectivity index (χ1) is 10.1. The molecular formula is C16H21BrN4. The minimum atomic E-state index is 0.902. The number of hydrogen-bond acceptors (Lipinski definition) is 3. The molecule has 0 saturated heterocycles. The molecule has 2 N–H and O–H groups in total. The maximum atomic E-state index is 6.07. The molecule has 5 heteroatoms. The van der Waals surface area contributed by atoms with Crippen LogP contribution in [0.15, 0.2) is 22.7 Å². The molecule has 0 atom stereocenters. The third-order valence-electron chi connectivity index (χ3n) is 4.21. The Morgan fingerprint density at radius 3 is 2.95 bits per heavy atom. The second-order valence-corrected chi connectivity index (χ2v) is 6.40. The Balaban J connectivity index is 1.82. The molecule has 0 bridgehead atoms. The normalized spacial score (nSPS) is 15.2. The molecule has 0 unspecified atom stereocenters. The highest BCUT2D eigenvalue weighted by atomic mass is 79.9. The van der Waals surface area contributed by atoms with Gasteiger partial charge in [-0.3, -0.25) is 9.58 Å². The first-order valence-electron chi connectivity index (χ1n) is 7.40. The fourth-order valence-electron chi connectivity index (χ4n) is 3.06. The van der Waals surface area contributed by atoms with E-state index in [1.165, 1.54) is 16.8 Å². The van der Waals surface area contributed by atoms with Crippen LogP contribution in [0.4, 0.5) is 5.69 Å². The summed E-state index contributed by atoms with van der Waals surface area (Å²) in [5.74, 6) is 0. The predicted molar refractivity (Wildman–Crippen MR) is 89.0 cm³/mol. The monoisotopic (exact) mass is 348 g/mol. The van der Waals surface area contributed by atoms with E-state index in [9.17, 15) is 0 Å². The molecule has 0 fully saturated rings. The summed E-state index contributed by atoms with van der Waals surface area (Å²) in [5, 5.41) is 4.58. The quantitative estimate of drug-likeness (QED) is 0.867. The van der Waals surface area contributed by atoms with Crippen LogP contribution in [0, 0.1) is 6.92 Å². The lowest BCUT2D eigenvalue weighted by Gasteiger charge is -2.29. The van der Waals surface area contributed by atoms with E-state index in [1.807, 2.05) is 19.1 Å². The molecule has 1 aliphatic rings. The number of aromatic nitrogens is 2. The van der Waals surface area contributed by atoms with Crippen LogP contribution in [-0.2, 0) is 26.1 Å². The van der Waals surface area contributed by atoms with Gasteiger partial charge in [0.25, 0.3) is 0 Å². The van der Waals surface area contributed by atoms with Gasteiger partial charge < -0.3 is 5.73 Å². The minimum Gasteiger partial charge on any atom is -0.398 e. The van der Waals surface area contributed by atoms with E-state index in [0.29, 0.717) is 0 Å². The first-order valence-corrected chi connectivity index (χ1v) is 8.19. The number of fused-ring (bicyclic) bond motifs is 1. The molecule has 4 nitrogen and oxygen atoms in total. The van der Waals surface area contributed by atoms with Gasteiger partial charge in [-0.2, -0.15) is 5.10 Å². The lowest BCUT2D eigenvalue weighted by atomic mass is 9.98. The zero-order valence-corrected chi connectivity index (χ0v) is 14.2. The van der Waals surface area contributed by atoms with E-state index in [-0.39, 0.29) is 0 Å². The van der Waals surface area contributed by atoms with Crippen molar-refractivity contribution in [2.45, 2.75) is 39.9 Å². The molecule has 112 valence electrons. The van der Waals surface area contributed by atoms with Gasteiger partial charge >= 0.3 is 0 Å². The Morgan fingerprint density at radius 1 is 1.38 bits per heavy atom. The van der Waals surface area contributed by atoms with Gasteiger partial charge in [-0.15, -0.1) is 0 Å². The molecular weight excluding hydrogens is 328 g/mol. The molecule has 0 spiro atoms. The molecule has 1 aliphatic heterocycles. The number of hydrogen-bond donors (Lipinski definition) is 1. The average molecular weight is 349 g/mol. The summed E-state index contributed by atoms with van der Waals surface area (Å²) in [6.07, 6.45) is 1.03. The van der Waals surface area contributed by atoms with E-state index >= 15 is 0 Å². The molecule has 1 aromatic carbocycles. The Kier molecular flexibility index (Phi) is 4.04. The maximum Gasteiger partial charge on any atom is 0.0739 e. The predicted octanol–water partition coefficient (Wildman–Crippen LogP) is 3.11. The molecule has 2 aromatic rings. The largest absolute Gasteiger partial charge is 0.398 e. The van der Waals surface area contributed by atoms with Gasteiger partial charge in [0.05, 0.1) is 15.9 Å². The summed E-state index contributed by atoms with van der Waals surface area (Å²) in [7, 11) is 0. The van der Waals surface area contributed by atoms with Gasteiger partial charge in [-0.05, 0) is 53.4 Å². The van der Waals surface area contributed by atoms with Crippen molar-refractivity contribution in [3.63, 3.8) is 0 Å². The van der Waals surface area contributed by atoms with Crippen LogP contribution in [0.25, 0.3) is 0 Å². The van der Waals surface area contributed by atoms with E-state index in [2.05, 4.69) is 43.6 Å². The van der Waals surface area contributed by atoms with Gasteiger partial charge in [0.1, 0.15) is 0 Å². The van der Waals surface area contributed by atoms with Crippen molar-refractivity contribution in [2.24, 2.45) is 0 Å². The van der Waals surface area contributed by atoms with Gasteiger partial charge in [0, 0.05) is 31.9 Å². The third kappa shape index (κ3) is 2.72. The van der Waals surface area contributed by atoms with Crippen LogP contribution in [-0.4, -0.2) is 21.2 Å². The summed E-state index contributed by atoms with van der Waals surface area (Å²) in [6, 6.07) is 6.24. The molecule has 3 rings (SSSR count). The van der Waals surface area contributed by atoms with Crippen LogP contribution < -0.4 is 5.73 Å². The van der Waals surface area contributed by atoms with Gasteiger partial charge in [-0.1, -0.05) is 12.1 Å². The first kappa shape index (κ1) is 14.6. The number of anilines is 1. The summed E-state index contributed by atoms with van der Waals surface area (Å²) in [4.78, 5) is 2.47. The van der Waals surface area contributed by atoms with E-state index in [0.717, 1.165) is 48.5 Å². The Labute approximate surface area is 134 Å². The molecule has 1 aromatic heterocycles. The fourth-order valence-corrected chi connectivity index (χ4v) is 3.47. The molecule has 0 amide bonds. The molecule has 0 aliphatic carbocycles. The minimum absolute atomic E-state index is 0.902. The zero-order valence-electron chi connectivity index (χ0n) is 12.6. The number of rotatable bonds is 3. The van der Waals surface area contributed by atoms with Crippen molar-refractivity contribution < 1.29 is 0 Å². The van der Waals surface area contributed by atoms with Crippen molar-refractivity contribution in [1.82, 2.24) is 14.7 Å². The van der Waals surface area contributed by atoms with Crippen molar-refractivity contribution in [2.75, 3.05) is 12.3 Å². The van der Waals surface area contributed by atoms with Crippen molar-refractivity contribution in [3.05, 3.63) is 45.2 Å². The van der Waals surface area contributed by atoms with Crippen LogP contribution in [0.2, 0.25) is 0 Å². The smallest absolute Gasteiger partial charge is 0.0739 e. The van der Waals surface area contributed by atoms with Gasteiger partial charge in [-0.25, -0.2) is 0 Å². The highest BCUT2D eigenvalue weighted by Gasteiger charge is 2.21. The lowest BCUT2D eigenvalue weighted by molar-refractivity contribution is 0.238. The topological polar surface area (TPSA) is 47.1 Å². The number of nitrogens with two attached hydrogens (primary N) is 1. The molecule has 0 saturated carbocycles. The SMILES string of the molecule is CCn1nc(C)c(Br)c1CN1CCc2c(N)cccc2C1. The maximum absolute atomic E-state index is 6.07. The number of aryl methyl sites for hydroxylation is 2. The molecule has 0 radical (unpaired) electrons. The average Bonchev–Trinajstić information content (AvgIpc) is 2.75. The second-order valence-electron chi connectivity index (χ2n) is 5.61. The Morgan fingerprint density at radius 2 is 2.19 bits per heavy atom. The number of nitrogens with zero attached hydrogens (tertiary/aromatic N) is 3. The van der Waals surface area contributed by atoms with Crippen molar-refractivity contribution in [3.8, 4) is 0 Å². The van der Waals surface area contributed by atoms with Crippen LogP contribution in [0.3, 0.4) is 0 Å². The van der Waals surface area contributed by atoms with Crippen molar-refractivity contribution in [1.29, 1.82) is 0 Å². The Bertz CT molecular complexity index is 663. The summed E-state index contributed by atoms with van der Waals surface area (Å²) in [6.45, 7) is 8.01. The number of nitrogen functional groups attached to an aromatic ring is 1. The second kappa shape index (κ2) is 5.81. The number of halogens is 1. The number of benzene rings is 1. The van der Waals surface area contributed by atoms with Crippen LogP contribution >= 0.6 is 15.9 Å². The third-order valence-corrected chi connectivity index (χ3v) is 5.24. The molecule has 2 heterocycles. The van der Waals surface area contributed by atoms with E-state index in [1.54, 1.807) is 0 Å². The summed E-state index contributed by atoms with van der Waals surface area (Å²) < 4.78 is 3.23. The van der Waals surface area contributed by atoms with Gasteiger partial charge in [0.2, 0.25) is 0 Å². The Hall–Kier alpha value is -1.33. The molecule has 21 heavy (non-hydrogen) atoms. The zero-order chi connectivity index (χ0) is 15.0. The highest BCUT2D eigenvalue weighted by molar-refractivity contribution is 9.10. The summed E-state index contributed by atoms with van der Waals surface area (Å²) >= 11 is 3.68. The van der Waals surface area contributed by atoms with Crippen LogP contribution in [0.5, 0.6) is 0 Å². The standard InChI is InChI=1S/C16H21BrN4/c1-3-21-15(16(17)11(2)19-21)10-20-8-7-13-12(9-20)5-4-6-14(13)18/h4-6H,3,7-10,18H2,1-2H3. The van der Waals surface area contributed by atoms with Gasteiger partial charge in [0.15, 0.2) is 0 Å². The van der Waals surface area contributed by atoms with Crippen molar-refractivity contribution >= 4 is 21.6 Å². The van der Waals surface area contributed by atoms with E-state index < -0.39 is 0 Å². The van der Waals surface area contributed by atoms with Crippen LogP contribution in [0.1, 0.15) is 29.4 Å². The summed E-state index contributed by atoms with van der Waals surface area (Å²) in [5.41, 5.74) is 12.0. The van der Waals surface area contributed by atoms with E-state index in [4.69, 9.17) is 5.73 Å². The highest BCUT2D eigenvalue weighted by Crippen LogP contribution is 2.27.